The van der Waals surface area contributed by atoms with Gasteiger partial charge in [0.2, 0.25) is 0 Å². The first-order valence-electron chi connectivity index (χ1n) is 6.35. The molecule has 0 aromatic heterocycles. The Morgan fingerprint density at radius 2 is 1.93 bits per heavy atom. The van der Waals surface area contributed by atoms with Crippen molar-refractivity contribution >= 4 is 5.97 Å². The fourth-order valence-electron chi connectivity index (χ4n) is 3.82. The zero-order valence-electron chi connectivity index (χ0n) is 10.1. The molecule has 2 saturated heterocycles. The number of fused-ring (bicyclic) bond motifs is 1. The molecule has 2 nitrogen and oxygen atoms in total. The number of hydrogen-bond acceptors (Lipinski definition) is 2. The molecule has 0 spiro atoms. The molecular formula is C13H22O2. The quantitative estimate of drug-likeness (QED) is 0.574. The van der Waals surface area contributed by atoms with Crippen LogP contribution in [0.3, 0.4) is 0 Å². The molecule has 0 aromatic rings. The van der Waals surface area contributed by atoms with Crippen molar-refractivity contribution in [2.75, 3.05) is 0 Å². The Kier molecular flexibility index (Phi) is 2.78. The lowest BCUT2D eigenvalue weighted by Gasteiger charge is -2.44. The average molecular weight is 210 g/mol. The molecular weight excluding hydrogens is 188 g/mol. The van der Waals surface area contributed by atoms with Crippen LogP contribution in [0.2, 0.25) is 0 Å². The Morgan fingerprint density at radius 3 is 2.60 bits per heavy atom. The Bertz CT molecular complexity index is 261. The lowest BCUT2D eigenvalue weighted by molar-refractivity contribution is -0.151. The van der Waals surface area contributed by atoms with Gasteiger partial charge in [-0.25, -0.2) is 0 Å². The van der Waals surface area contributed by atoms with Crippen LogP contribution in [-0.2, 0) is 9.53 Å². The Labute approximate surface area is 92.4 Å². The van der Waals surface area contributed by atoms with Crippen molar-refractivity contribution in [1.29, 1.82) is 0 Å². The molecule has 0 amide bonds. The monoisotopic (exact) mass is 210 g/mol. The van der Waals surface area contributed by atoms with Gasteiger partial charge < -0.3 is 4.74 Å². The minimum Gasteiger partial charge on any atom is -0.462 e. The van der Waals surface area contributed by atoms with Gasteiger partial charge in [0, 0.05) is 0 Å². The van der Waals surface area contributed by atoms with E-state index in [1.165, 1.54) is 6.42 Å². The smallest absolute Gasteiger partial charge is 0.309 e. The van der Waals surface area contributed by atoms with Gasteiger partial charge in [-0.3, -0.25) is 4.79 Å². The molecule has 2 saturated carbocycles. The van der Waals surface area contributed by atoms with Gasteiger partial charge in [0.1, 0.15) is 6.10 Å². The summed E-state index contributed by atoms with van der Waals surface area (Å²) in [7, 11) is 0. The third kappa shape index (κ3) is 1.91. The van der Waals surface area contributed by atoms with Crippen molar-refractivity contribution in [3.63, 3.8) is 0 Å². The van der Waals surface area contributed by atoms with Crippen molar-refractivity contribution in [2.24, 2.45) is 17.3 Å². The van der Waals surface area contributed by atoms with E-state index in [1.807, 2.05) is 13.8 Å². The molecule has 0 radical (unpaired) electrons. The van der Waals surface area contributed by atoms with Gasteiger partial charge in [-0.2, -0.15) is 0 Å². The second-order valence-corrected chi connectivity index (χ2v) is 5.52. The molecule has 86 valence electrons. The summed E-state index contributed by atoms with van der Waals surface area (Å²) < 4.78 is 5.46. The molecule has 4 aliphatic rings. The molecule has 15 heavy (non-hydrogen) atoms. The summed E-state index contributed by atoms with van der Waals surface area (Å²) in [6.45, 7) is 6.33. The van der Waals surface area contributed by atoms with E-state index in [4.69, 9.17) is 4.74 Å². The number of ether oxygens (including phenoxy) is 1. The van der Waals surface area contributed by atoms with Crippen LogP contribution in [0.25, 0.3) is 0 Å². The second-order valence-electron chi connectivity index (χ2n) is 5.52. The SMILES string of the molecule is CC.CC12CC3CC(C1)OC(=O)C(C3)C2. The maximum atomic E-state index is 11.6. The first kappa shape index (κ1) is 11.0. The summed E-state index contributed by atoms with van der Waals surface area (Å²) in [6.07, 6.45) is 6.02. The molecule has 4 fully saturated rings. The highest BCUT2D eigenvalue weighted by Crippen LogP contribution is 2.53. The van der Waals surface area contributed by atoms with E-state index in [9.17, 15) is 4.79 Å². The minimum absolute atomic E-state index is 0.0934. The summed E-state index contributed by atoms with van der Waals surface area (Å²) in [4.78, 5) is 11.6. The van der Waals surface area contributed by atoms with Crippen LogP contribution < -0.4 is 0 Å². The first-order chi connectivity index (χ1) is 7.15. The number of carbonyl (C=O) groups is 1. The Balaban J connectivity index is 0.000000404. The predicted molar refractivity (Wildman–Crippen MR) is 59.4 cm³/mol. The molecule has 2 heterocycles. The summed E-state index contributed by atoms with van der Waals surface area (Å²) in [5.41, 5.74) is 0.419. The predicted octanol–water partition coefficient (Wildman–Crippen LogP) is 3.15. The summed E-state index contributed by atoms with van der Waals surface area (Å²) in [6, 6.07) is 0. The number of rotatable bonds is 0. The molecule has 2 aliphatic heterocycles. The van der Waals surface area contributed by atoms with Crippen molar-refractivity contribution in [3.8, 4) is 0 Å². The second kappa shape index (κ2) is 3.80. The van der Waals surface area contributed by atoms with E-state index < -0.39 is 0 Å². The number of carbonyl (C=O) groups excluding carboxylic acids is 1. The molecule has 2 aliphatic carbocycles. The highest BCUT2D eigenvalue weighted by atomic mass is 16.5. The van der Waals surface area contributed by atoms with Gasteiger partial charge in [-0.05, 0) is 43.4 Å². The standard InChI is InChI=1S/C11H16O2.C2H6/c1-11-4-7-2-8(5-11)10(12)13-9(3-7)6-11;1-2/h7-9H,2-6H2,1H3;1-2H3. The summed E-state index contributed by atoms with van der Waals surface area (Å²) in [5, 5.41) is 0. The van der Waals surface area contributed by atoms with Crippen LogP contribution in [0, 0.1) is 17.3 Å². The van der Waals surface area contributed by atoms with Crippen molar-refractivity contribution in [1.82, 2.24) is 0 Å². The third-order valence-corrected chi connectivity index (χ3v) is 4.07. The lowest BCUT2D eigenvalue weighted by Crippen LogP contribution is -2.37. The molecule has 0 N–H and O–H groups in total. The number of hydrogen-bond donors (Lipinski definition) is 0. The van der Waals surface area contributed by atoms with Gasteiger partial charge in [0.25, 0.3) is 0 Å². The van der Waals surface area contributed by atoms with E-state index in [-0.39, 0.29) is 18.0 Å². The molecule has 4 unspecified atom stereocenters. The Hall–Kier alpha value is -0.530. The minimum atomic E-state index is 0.0934. The molecule has 4 bridgehead atoms. The van der Waals surface area contributed by atoms with Gasteiger partial charge in [-0.1, -0.05) is 20.8 Å². The Morgan fingerprint density at radius 1 is 1.20 bits per heavy atom. The number of esters is 1. The molecule has 0 aromatic carbocycles. The summed E-state index contributed by atoms with van der Waals surface area (Å²) in [5.74, 6) is 1.10. The largest absolute Gasteiger partial charge is 0.462 e. The third-order valence-electron chi connectivity index (χ3n) is 4.07. The van der Waals surface area contributed by atoms with Gasteiger partial charge >= 0.3 is 5.97 Å². The van der Waals surface area contributed by atoms with Crippen molar-refractivity contribution < 1.29 is 9.53 Å². The van der Waals surface area contributed by atoms with Crippen molar-refractivity contribution in [2.45, 2.75) is 59.0 Å². The lowest BCUT2D eigenvalue weighted by atomic mass is 9.60. The van der Waals surface area contributed by atoms with E-state index in [2.05, 4.69) is 6.92 Å². The normalized spacial score (nSPS) is 46.6. The highest BCUT2D eigenvalue weighted by molar-refractivity contribution is 5.73. The van der Waals surface area contributed by atoms with Crippen LogP contribution >= 0.6 is 0 Å². The fraction of sp³-hybridized carbons (Fsp3) is 0.923. The van der Waals surface area contributed by atoms with E-state index in [0.29, 0.717) is 5.41 Å². The molecule has 4 atom stereocenters. The van der Waals surface area contributed by atoms with Crippen LogP contribution in [-0.4, -0.2) is 12.1 Å². The maximum absolute atomic E-state index is 11.6. The maximum Gasteiger partial charge on any atom is 0.309 e. The molecule has 2 heteroatoms. The van der Waals surface area contributed by atoms with Crippen LogP contribution in [0.1, 0.15) is 52.9 Å². The van der Waals surface area contributed by atoms with Crippen LogP contribution in [0.5, 0.6) is 0 Å². The fourth-order valence-corrected chi connectivity index (χ4v) is 3.82. The molecule has 4 rings (SSSR count). The first-order valence-corrected chi connectivity index (χ1v) is 6.35. The summed E-state index contributed by atoms with van der Waals surface area (Å²) >= 11 is 0. The van der Waals surface area contributed by atoms with E-state index >= 15 is 0 Å². The van der Waals surface area contributed by atoms with E-state index in [0.717, 1.165) is 31.6 Å². The van der Waals surface area contributed by atoms with Gasteiger partial charge in [0.05, 0.1) is 5.92 Å². The highest BCUT2D eigenvalue weighted by Gasteiger charge is 2.50. The zero-order chi connectivity index (χ0) is 11.1. The van der Waals surface area contributed by atoms with Crippen molar-refractivity contribution in [3.05, 3.63) is 0 Å². The van der Waals surface area contributed by atoms with Gasteiger partial charge in [-0.15, -0.1) is 0 Å². The van der Waals surface area contributed by atoms with E-state index in [1.54, 1.807) is 0 Å². The zero-order valence-corrected chi connectivity index (χ0v) is 10.1. The van der Waals surface area contributed by atoms with Gasteiger partial charge in [0.15, 0.2) is 0 Å². The average Bonchev–Trinajstić information content (AvgIpc) is 2.31. The topological polar surface area (TPSA) is 26.3 Å². The van der Waals surface area contributed by atoms with Crippen LogP contribution in [0.15, 0.2) is 0 Å². The van der Waals surface area contributed by atoms with Crippen LogP contribution in [0.4, 0.5) is 0 Å².